The molecule has 1 aliphatic heterocycles. The van der Waals surface area contributed by atoms with Crippen LogP contribution in [0.3, 0.4) is 0 Å². The molecule has 0 spiro atoms. The van der Waals surface area contributed by atoms with Crippen LogP contribution < -0.4 is 0 Å². The molecule has 1 aliphatic rings. The highest BCUT2D eigenvalue weighted by Crippen LogP contribution is 2.30. The highest BCUT2D eigenvalue weighted by molar-refractivity contribution is 7.92. The normalized spacial score (nSPS) is 17.3. The molecule has 0 amide bonds. The fourth-order valence-corrected chi connectivity index (χ4v) is 4.58. The molecule has 0 saturated carbocycles. The first-order chi connectivity index (χ1) is 12.1. The first-order valence-electron chi connectivity index (χ1n) is 9.43. The lowest BCUT2D eigenvalue weighted by Crippen LogP contribution is -2.25. The Bertz CT molecular complexity index is 886. The van der Waals surface area contributed by atoms with Crippen molar-refractivity contribution in [3.8, 4) is 0 Å². The smallest absolute Gasteiger partial charge is 0.180 e. The molecule has 0 aliphatic carbocycles. The summed E-state index contributed by atoms with van der Waals surface area (Å²) in [7, 11) is -3.30. The molecule has 1 saturated heterocycles. The van der Waals surface area contributed by atoms with Crippen LogP contribution >= 0.6 is 0 Å². The van der Waals surface area contributed by atoms with Crippen LogP contribution in [-0.4, -0.2) is 36.4 Å². The number of rotatable bonds is 4. The van der Waals surface area contributed by atoms with Crippen molar-refractivity contribution in [3.63, 3.8) is 0 Å². The zero-order valence-electron chi connectivity index (χ0n) is 16.4. The van der Waals surface area contributed by atoms with Gasteiger partial charge in [-0.25, -0.2) is 13.4 Å². The van der Waals surface area contributed by atoms with Crippen molar-refractivity contribution in [1.82, 2.24) is 9.55 Å². The first-order valence-corrected chi connectivity index (χ1v) is 11.0. The van der Waals surface area contributed by atoms with E-state index in [0.717, 1.165) is 49.5 Å². The molecule has 1 aromatic carbocycles. The van der Waals surface area contributed by atoms with Crippen LogP contribution in [0.15, 0.2) is 23.1 Å². The first kappa shape index (κ1) is 19.4. The van der Waals surface area contributed by atoms with Gasteiger partial charge in [0.1, 0.15) is 5.82 Å². The Morgan fingerprint density at radius 2 is 1.88 bits per heavy atom. The Kier molecular flexibility index (Phi) is 5.19. The molecule has 26 heavy (non-hydrogen) atoms. The van der Waals surface area contributed by atoms with E-state index in [1.807, 2.05) is 6.07 Å². The average Bonchev–Trinajstić information content (AvgIpc) is 2.94. The number of hydrogen-bond acceptors (Lipinski definition) is 4. The molecule has 1 fully saturated rings. The number of imidazole rings is 1. The molecule has 0 N–H and O–H groups in total. The van der Waals surface area contributed by atoms with Gasteiger partial charge in [0.15, 0.2) is 9.84 Å². The van der Waals surface area contributed by atoms with Crippen LogP contribution in [0.4, 0.5) is 0 Å². The summed E-state index contributed by atoms with van der Waals surface area (Å²) >= 11 is 0. The summed E-state index contributed by atoms with van der Waals surface area (Å²) < 4.78 is 32.8. The number of fused-ring (bicyclic) bond motifs is 1. The lowest BCUT2D eigenvalue weighted by molar-refractivity contribution is 0.0611. The Morgan fingerprint density at radius 3 is 2.46 bits per heavy atom. The summed E-state index contributed by atoms with van der Waals surface area (Å²) in [6, 6.07) is 5.39. The maximum Gasteiger partial charge on any atom is 0.180 e. The number of hydrogen-bond donors (Lipinski definition) is 0. The molecule has 2 heterocycles. The zero-order chi connectivity index (χ0) is 19.1. The fraction of sp³-hybridized carbons (Fsp3) is 0.650. The topological polar surface area (TPSA) is 61.2 Å². The van der Waals surface area contributed by atoms with Gasteiger partial charge in [0.05, 0.1) is 21.2 Å². The minimum absolute atomic E-state index is 0.110. The maximum atomic E-state index is 12.5. The molecule has 5 nitrogen and oxygen atoms in total. The second kappa shape index (κ2) is 6.97. The summed E-state index contributed by atoms with van der Waals surface area (Å²) in [4.78, 5) is 5.21. The molecule has 0 atom stereocenters. The number of ether oxygens (including phenoxy) is 1. The predicted molar refractivity (Wildman–Crippen MR) is 104 cm³/mol. The molecule has 6 heteroatoms. The molecule has 0 bridgehead atoms. The van der Waals surface area contributed by atoms with Crippen molar-refractivity contribution >= 4 is 20.9 Å². The van der Waals surface area contributed by atoms with Crippen molar-refractivity contribution in [1.29, 1.82) is 0 Å². The number of sulfone groups is 1. The summed E-state index contributed by atoms with van der Waals surface area (Å²) in [5.74, 6) is 1.58. The van der Waals surface area contributed by atoms with Crippen LogP contribution in [0.25, 0.3) is 11.0 Å². The van der Waals surface area contributed by atoms with Crippen LogP contribution in [-0.2, 0) is 26.5 Å². The van der Waals surface area contributed by atoms with E-state index >= 15 is 0 Å². The van der Waals surface area contributed by atoms with Gasteiger partial charge in [0.2, 0.25) is 0 Å². The van der Waals surface area contributed by atoms with E-state index in [4.69, 9.17) is 9.72 Å². The van der Waals surface area contributed by atoms with Gasteiger partial charge < -0.3 is 9.30 Å². The van der Waals surface area contributed by atoms with Gasteiger partial charge >= 0.3 is 0 Å². The van der Waals surface area contributed by atoms with Gasteiger partial charge in [-0.1, -0.05) is 20.8 Å². The third kappa shape index (κ3) is 3.67. The van der Waals surface area contributed by atoms with E-state index in [2.05, 4.69) is 25.3 Å². The minimum Gasteiger partial charge on any atom is -0.381 e. The second-order valence-corrected chi connectivity index (χ2v) is 11.1. The quantitative estimate of drug-likeness (QED) is 0.808. The van der Waals surface area contributed by atoms with Crippen LogP contribution in [0.2, 0.25) is 0 Å². The maximum absolute atomic E-state index is 12.5. The lowest BCUT2D eigenvalue weighted by Gasteiger charge is -2.26. The van der Waals surface area contributed by atoms with Gasteiger partial charge in [-0.15, -0.1) is 0 Å². The Hall–Kier alpha value is -1.40. The highest BCUT2D eigenvalue weighted by Gasteiger charge is 2.27. The molecule has 144 valence electrons. The largest absolute Gasteiger partial charge is 0.381 e. The van der Waals surface area contributed by atoms with E-state index in [0.29, 0.717) is 10.8 Å². The summed E-state index contributed by atoms with van der Waals surface area (Å²) in [6.45, 7) is 12.4. The molecule has 2 aromatic rings. The Morgan fingerprint density at radius 1 is 1.23 bits per heavy atom. The summed E-state index contributed by atoms with van der Waals surface area (Å²) in [6.07, 6.45) is 2.12. The van der Waals surface area contributed by atoms with Crippen molar-refractivity contribution in [2.45, 2.75) is 69.6 Å². The number of aromatic nitrogens is 2. The monoisotopic (exact) mass is 378 g/mol. The molecule has 1 aromatic heterocycles. The SMILES string of the molecule is CC(C)S(=O)(=O)c1ccc2c(c1)nc(C(C)(C)C)n2CC1CCOCC1. The molecule has 0 radical (unpaired) electrons. The van der Waals surface area contributed by atoms with Crippen molar-refractivity contribution in [2.75, 3.05) is 13.2 Å². The van der Waals surface area contributed by atoms with Crippen LogP contribution in [0, 0.1) is 5.92 Å². The third-order valence-corrected chi connectivity index (χ3v) is 7.27. The highest BCUT2D eigenvalue weighted by atomic mass is 32.2. The molecular weight excluding hydrogens is 348 g/mol. The summed E-state index contributed by atoms with van der Waals surface area (Å²) in [5.41, 5.74) is 1.68. The molecule has 0 unspecified atom stereocenters. The summed E-state index contributed by atoms with van der Waals surface area (Å²) in [5, 5.41) is -0.439. The molecular formula is C20H30N2O3S. The minimum atomic E-state index is -3.30. The van der Waals surface area contributed by atoms with Crippen molar-refractivity contribution in [2.24, 2.45) is 5.92 Å². The van der Waals surface area contributed by atoms with Gasteiger partial charge in [-0.2, -0.15) is 0 Å². The van der Waals surface area contributed by atoms with Crippen LogP contribution in [0.5, 0.6) is 0 Å². The Balaban J connectivity index is 2.09. The predicted octanol–water partition coefficient (Wildman–Crippen LogP) is 3.94. The fourth-order valence-electron chi connectivity index (χ4n) is 3.50. The second-order valence-electron chi connectivity index (χ2n) is 8.60. The average molecular weight is 379 g/mol. The van der Waals surface area contributed by atoms with E-state index in [1.54, 1.807) is 26.0 Å². The standard InChI is InChI=1S/C20H30N2O3S/c1-14(2)26(23,24)16-6-7-18-17(12-16)21-19(20(3,4)5)22(18)13-15-8-10-25-11-9-15/h6-7,12,14-15H,8-11,13H2,1-5H3. The van der Waals surface area contributed by atoms with E-state index < -0.39 is 15.1 Å². The van der Waals surface area contributed by atoms with Gasteiger partial charge in [0, 0.05) is 25.2 Å². The van der Waals surface area contributed by atoms with E-state index in [9.17, 15) is 8.42 Å². The van der Waals surface area contributed by atoms with Crippen molar-refractivity contribution < 1.29 is 13.2 Å². The van der Waals surface area contributed by atoms with Crippen molar-refractivity contribution in [3.05, 3.63) is 24.0 Å². The Labute approximate surface area is 156 Å². The van der Waals surface area contributed by atoms with Gasteiger partial charge in [0.25, 0.3) is 0 Å². The third-order valence-electron chi connectivity index (χ3n) is 5.12. The molecule has 3 rings (SSSR count). The number of nitrogens with zero attached hydrogens (tertiary/aromatic N) is 2. The zero-order valence-corrected chi connectivity index (χ0v) is 17.3. The van der Waals surface area contributed by atoms with E-state index in [-0.39, 0.29) is 5.41 Å². The van der Waals surface area contributed by atoms with E-state index in [1.165, 1.54) is 0 Å². The van der Waals surface area contributed by atoms with Gasteiger partial charge in [-0.05, 0) is 50.8 Å². The number of benzene rings is 1. The van der Waals surface area contributed by atoms with Gasteiger partial charge in [-0.3, -0.25) is 0 Å². The van der Waals surface area contributed by atoms with Crippen LogP contribution in [0.1, 0.15) is 53.3 Å². The lowest BCUT2D eigenvalue weighted by atomic mass is 9.94.